The molecule has 1 aliphatic rings. The molecule has 0 bridgehead atoms. The molecule has 5 rings (SSSR count). The van der Waals surface area contributed by atoms with E-state index in [4.69, 9.17) is 4.74 Å². The van der Waals surface area contributed by atoms with E-state index < -0.39 is 0 Å². The van der Waals surface area contributed by atoms with Crippen molar-refractivity contribution >= 4 is 24.0 Å². The highest BCUT2D eigenvalue weighted by atomic mass is 16.5. The number of hydrogen-bond donors (Lipinski definition) is 0. The van der Waals surface area contributed by atoms with E-state index in [1.54, 1.807) is 32.0 Å². The molecule has 0 spiro atoms. The molecule has 1 fully saturated rings. The molecule has 0 unspecified atom stereocenters. The first-order valence-electron chi connectivity index (χ1n) is 11.0. The van der Waals surface area contributed by atoms with Crippen LogP contribution in [0.3, 0.4) is 0 Å². The number of rotatable bonds is 7. The van der Waals surface area contributed by atoms with Crippen molar-refractivity contribution in [3.8, 4) is 5.82 Å². The van der Waals surface area contributed by atoms with Gasteiger partial charge in [0.15, 0.2) is 0 Å². The summed E-state index contributed by atoms with van der Waals surface area (Å²) in [4.78, 5) is 30.9. The predicted octanol–water partition coefficient (Wildman–Crippen LogP) is 2.36. The number of aromatic nitrogens is 7. The molecule has 4 aromatic heterocycles. The minimum absolute atomic E-state index is 0.113. The van der Waals surface area contributed by atoms with Crippen LogP contribution in [-0.2, 0) is 4.74 Å². The summed E-state index contributed by atoms with van der Waals surface area (Å²) < 4.78 is 7.32. The fourth-order valence-electron chi connectivity index (χ4n) is 3.89. The Morgan fingerprint density at radius 2 is 1.71 bits per heavy atom. The van der Waals surface area contributed by atoms with Crippen molar-refractivity contribution in [1.29, 1.82) is 0 Å². The zero-order valence-electron chi connectivity index (χ0n) is 18.8. The van der Waals surface area contributed by atoms with Crippen LogP contribution >= 0.6 is 0 Å². The Kier molecular flexibility index (Phi) is 6.48. The second-order valence-electron chi connectivity index (χ2n) is 7.87. The van der Waals surface area contributed by atoms with Gasteiger partial charge in [0.1, 0.15) is 12.1 Å². The Balaban J connectivity index is 1.23. The summed E-state index contributed by atoms with van der Waals surface area (Å²) in [6, 6.07) is 5.90. The summed E-state index contributed by atoms with van der Waals surface area (Å²) in [5.41, 5.74) is 1.92. The Bertz CT molecular complexity index is 1200. The van der Waals surface area contributed by atoms with Gasteiger partial charge in [-0.05, 0) is 23.8 Å². The van der Waals surface area contributed by atoms with E-state index in [2.05, 4.69) is 39.7 Å². The normalized spacial score (nSPS) is 16.3. The Morgan fingerprint density at radius 1 is 0.912 bits per heavy atom. The van der Waals surface area contributed by atoms with E-state index in [1.807, 2.05) is 59.7 Å². The molecule has 1 aliphatic heterocycles. The number of hydrogen-bond acceptors (Lipinski definition) is 9. The van der Waals surface area contributed by atoms with Crippen molar-refractivity contribution in [3.05, 3.63) is 79.0 Å². The van der Waals surface area contributed by atoms with E-state index >= 15 is 0 Å². The van der Waals surface area contributed by atoms with E-state index in [0.29, 0.717) is 12.6 Å². The van der Waals surface area contributed by atoms with Crippen molar-refractivity contribution in [3.63, 3.8) is 0 Å². The highest BCUT2D eigenvalue weighted by Gasteiger charge is 2.29. The van der Waals surface area contributed by atoms with Crippen LogP contribution in [0, 0.1) is 0 Å². The average Bonchev–Trinajstić information content (AvgIpc) is 3.44. The molecule has 0 saturated carbocycles. The van der Waals surface area contributed by atoms with Crippen LogP contribution in [-0.4, -0.2) is 73.9 Å². The molecule has 10 nitrogen and oxygen atoms in total. The highest BCUT2D eigenvalue weighted by Crippen LogP contribution is 2.20. The molecule has 1 saturated heterocycles. The van der Waals surface area contributed by atoms with Gasteiger partial charge in [-0.15, -0.1) is 0 Å². The van der Waals surface area contributed by atoms with Crippen LogP contribution < -0.4 is 9.80 Å². The number of nitrogens with zero attached hydrogens (tertiary/aromatic N) is 9. The third kappa shape index (κ3) is 4.91. The molecule has 4 aromatic rings. The number of ether oxygens (including phenoxy) is 1. The lowest BCUT2D eigenvalue weighted by Gasteiger charge is -2.41. The standard InChI is InChI=1S/C24H25N9O/c1-34-17-21-16-31(11-12-33(21)24-26-7-2-8-27-24)23-29-14-20(15-30-23)4-3-19-5-6-22(28-13-19)32-10-9-25-18-32/h2-10,13-15,18,21H,11-12,16-17H2,1H3/b4-3+/t21-/m1/s1. The van der Waals surface area contributed by atoms with Crippen molar-refractivity contribution in [1.82, 2.24) is 34.5 Å². The van der Waals surface area contributed by atoms with Crippen LogP contribution in [0.15, 0.2) is 67.9 Å². The molecule has 172 valence electrons. The second-order valence-corrected chi connectivity index (χ2v) is 7.87. The summed E-state index contributed by atoms with van der Waals surface area (Å²) >= 11 is 0. The average molecular weight is 456 g/mol. The molecule has 5 heterocycles. The van der Waals surface area contributed by atoms with E-state index in [1.165, 1.54) is 0 Å². The van der Waals surface area contributed by atoms with Gasteiger partial charge < -0.3 is 14.5 Å². The number of methoxy groups -OCH3 is 1. The fourth-order valence-corrected chi connectivity index (χ4v) is 3.89. The maximum absolute atomic E-state index is 5.46. The van der Waals surface area contributed by atoms with Gasteiger partial charge in [0.25, 0.3) is 0 Å². The largest absolute Gasteiger partial charge is 0.382 e. The first-order valence-corrected chi connectivity index (χ1v) is 11.0. The topological polar surface area (TPSA) is 98.0 Å². The summed E-state index contributed by atoms with van der Waals surface area (Å²) in [5, 5.41) is 0. The van der Waals surface area contributed by atoms with Crippen LogP contribution in [0.4, 0.5) is 11.9 Å². The van der Waals surface area contributed by atoms with Gasteiger partial charge in [-0.1, -0.05) is 12.2 Å². The maximum Gasteiger partial charge on any atom is 0.225 e. The van der Waals surface area contributed by atoms with Crippen LogP contribution in [0.2, 0.25) is 0 Å². The van der Waals surface area contributed by atoms with Gasteiger partial charge >= 0.3 is 0 Å². The van der Waals surface area contributed by atoms with Crippen molar-refractivity contribution in [2.24, 2.45) is 0 Å². The lowest BCUT2D eigenvalue weighted by atomic mass is 10.2. The van der Waals surface area contributed by atoms with E-state index in [0.717, 1.165) is 42.5 Å². The number of piperazine rings is 1. The smallest absolute Gasteiger partial charge is 0.225 e. The monoisotopic (exact) mass is 455 g/mol. The van der Waals surface area contributed by atoms with Crippen molar-refractivity contribution < 1.29 is 4.74 Å². The highest BCUT2D eigenvalue weighted by molar-refractivity contribution is 5.68. The zero-order valence-corrected chi connectivity index (χ0v) is 18.8. The summed E-state index contributed by atoms with van der Waals surface area (Å²) in [5.74, 6) is 2.25. The molecule has 0 aliphatic carbocycles. The second kappa shape index (κ2) is 10.2. The molecule has 1 atom stereocenters. The number of anilines is 2. The summed E-state index contributed by atoms with van der Waals surface area (Å²) in [6.45, 7) is 2.85. The minimum Gasteiger partial charge on any atom is -0.382 e. The molecule has 0 amide bonds. The van der Waals surface area contributed by atoms with Crippen LogP contribution in [0.25, 0.3) is 18.0 Å². The molecule has 0 aromatic carbocycles. The van der Waals surface area contributed by atoms with Crippen LogP contribution in [0.1, 0.15) is 11.1 Å². The lowest BCUT2D eigenvalue weighted by Crippen LogP contribution is -2.56. The molecule has 34 heavy (non-hydrogen) atoms. The minimum atomic E-state index is 0.113. The van der Waals surface area contributed by atoms with Gasteiger partial charge in [-0.3, -0.25) is 4.57 Å². The van der Waals surface area contributed by atoms with Crippen molar-refractivity contribution in [2.75, 3.05) is 43.2 Å². The van der Waals surface area contributed by atoms with Crippen LogP contribution in [0.5, 0.6) is 0 Å². The number of imidazole rings is 1. The van der Waals surface area contributed by atoms with E-state index in [9.17, 15) is 0 Å². The SMILES string of the molecule is COC[C@H]1CN(c2ncc(/C=C/c3ccc(-n4ccnc4)nc3)cn2)CCN1c1ncccn1. The van der Waals surface area contributed by atoms with Crippen molar-refractivity contribution in [2.45, 2.75) is 6.04 Å². The molecular weight excluding hydrogens is 430 g/mol. The summed E-state index contributed by atoms with van der Waals surface area (Å²) in [6.07, 6.45) is 18.3. The molecular formula is C24H25N9O. The van der Waals surface area contributed by atoms with E-state index in [-0.39, 0.29) is 6.04 Å². The Morgan fingerprint density at radius 3 is 2.41 bits per heavy atom. The lowest BCUT2D eigenvalue weighted by molar-refractivity contribution is 0.173. The fraction of sp³-hybridized carbons (Fsp3) is 0.250. The van der Waals surface area contributed by atoms with Gasteiger partial charge in [0.2, 0.25) is 11.9 Å². The maximum atomic E-state index is 5.46. The van der Waals surface area contributed by atoms with Gasteiger partial charge in [-0.25, -0.2) is 29.9 Å². The Labute approximate surface area is 197 Å². The quantitative estimate of drug-likeness (QED) is 0.416. The third-order valence-corrected chi connectivity index (χ3v) is 5.60. The molecule has 0 N–H and O–H groups in total. The first kappa shape index (κ1) is 21.7. The predicted molar refractivity (Wildman–Crippen MR) is 130 cm³/mol. The van der Waals surface area contributed by atoms with Gasteiger partial charge in [0, 0.05) is 75.7 Å². The zero-order chi connectivity index (χ0) is 23.2. The Hall–Kier alpha value is -4.18. The molecule has 10 heteroatoms. The third-order valence-electron chi connectivity index (χ3n) is 5.60. The van der Waals surface area contributed by atoms with Gasteiger partial charge in [0.05, 0.1) is 12.6 Å². The number of pyridine rings is 1. The summed E-state index contributed by atoms with van der Waals surface area (Å²) in [7, 11) is 1.71. The molecule has 0 radical (unpaired) electrons. The first-order chi connectivity index (χ1) is 16.8. The van der Waals surface area contributed by atoms with Gasteiger partial charge in [-0.2, -0.15) is 0 Å².